The fourth-order valence-corrected chi connectivity index (χ4v) is 4.28. The second-order valence-corrected chi connectivity index (χ2v) is 9.13. The molecule has 0 N–H and O–H groups in total. The maximum Gasteiger partial charge on any atom is 0.316 e. The molecule has 0 fully saturated rings. The average molecular weight is 410 g/mol. The summed E-state index contributed by atoms with van der Waals surface area (Å²) >= 11 is 1.15. The molecule has 0 spiro atoms. The number of rotatable bonds is 9. The van der Waals surface area contributed by atoms with E-state index in [1.54, 1.807) is 48.8 Å². The second kappa shape index (κ2) is 9.18. The number of sulfone groups is 1. The molecule has 0 saturated heterocycles. The third kappa shape index (κ3) is 5.93. The fourth-order valence-electron chi connectivity index (χ4n) is 2.26. The number of thioether (sulfide) groups is 1. The Morgan fingerprint density at radius 2 is 1.96 bits per heavy atom. The first kappa shape index (κ1) is 21.2. The van der Waals surface area contributed by atoms with E-state index in [-0.39, 0.29) is 28.5 Å². The SMILES string of the molecule is C=CCn1c(CS(=O)(=O)c2ccc(C)cc2)nnc1SCC(=O)OC(C)C. The number of benzene rings is 1. The number of carbonyl (C=O) groups is 1. The van der Waals surface area contributed by atoms with Gasteiger partial charge in [-0.1, -0.05) is 35.5 Å². The maximum atomic E-state index is 12.7. The molecule has 0 aliphatic rings. The zero-order valence-corrected chi connectivity index (χ0v) is 17.2. The number of allylic oxidation sites excluding steroid dienone is 1. The monoisotopic (exact) mass is 409 g/mol. The van der Waals surface area contributed by atoms with Crippen molar-refractivity contribution in [1.82, 2.24) is 14.8 Å². The van der Waals surface area contributed by atoms with Gasteiger partial charge in [-0.25, -0.2) is 8.42 Å². The van der Waals surface area contributed by atoms with Crippen LogP contribution in [0.15, 0.2) is 47.0 Å². The zero-order chi connectivity index (χ0) is 20.0. The Labute approximate surface area is 163 Å². The summed E-state index contributed by atoms with van der Waals surface area (Å²) in [5.74, 6) is -0.279. The topological polar surface area (TPSA) is 91.1 Å². The standard InChI is InChI=1S/C18H23N3O4S2/c1-5-10-21-16(12-27(23,24)15-8-6-14(4)7-9-15)19-20-18(21)26-11-17(22)25-13(2)3/h5-9,13H,1,10-12H2,2-4H3. The average Bonchev–Trinajstić information content (AvgIpc) is 2.94. The van der Waals surface area contributed by atoms with Gasteiger partial charge in [-0.05, 0) is 32.9 Å². The van der Waals surface area contributed by atoms with Crippen molar-refractivity contribution in [3.8, 4) is 0 Å². The Morgan fingerprint density at radius 1 is 1.30 bits per heavy atom. The van der Waals surface area contributed by atoms with Gasteiger partial charge in [0, 0.05) is 6.54 Å². The van der Waals surface area contributed by atoms with Crippen LogP contribution in [0.25, 0.3) is 0 Å². The summed E-state index contributed by atoms with van der Waals surface area (Å²) < 4.78 is 32.1. The summed E-state index contributed by atoms with van der Waals surface area (Å²) in [6.07, 6.45) is 1.43. The number of hydrogen-bond acceptors (Lipinski definition) is 7. The third-order valence-corrected chi connectivity index (χ3v) is 6.06. The minimum absolute atomic E-state index is 0.0676. The predicted octanol–water partition coefficient (Wildman–Crippen LogP) is 2.79. The minimum Gasteiger partial charge on any atom is -0.462 e. The first-order valence-corrected chi connectivity index (χ1v) is 11.0. The van der Waals surface area contributed by atoms with E-state index >= 15 is 0 Å². The second-order valence-electron chi connectivity index (χ2n) is 6.20. The summed E-state index contributed by atoms with van der Waals surface area (Å²) in [5, 5.41) is 8.50. The maximum absolute atomic E-state index is 12.7. The van der Waals surface area contributed by atoms with E-state index in [1.807, 2.05) is 6.92 Å². The van der Waals surface area contributed by atoms with E-state index < -0.39 is 9.84 Å². The van der Waals surface area contributed by atoms with Gasteiger partial charge in [-0.2, -0.15) is 0 Å². The molecule has 1 aromatic heterocycles. The molecule has 0 bridgehead atoms. The van der Waals surface area contributed by atoms with E-state index in [0.717, 1.165) is 17.3 Å². The predicted molar refractivity (Wildman–Crippen MR) is 104 cm³/mol. The van der Waals surface area contributed by atoms with Crippen LogP contribution in [0, 0.1) is 6.92 Å². The molecule has 27 heavy (non-hydrogen) atoms. The number of ether oxygens (including phenoxy) is 1. The van der Waals surface area contributed by atoms with Gasteiger partial charge in [0.2, 0.25) is 0 Å². The van der Waals surface area contributed by atoms with Gasteiger partial charge in [0.25, 0.3) is 0 Å². The van der Waals surface area contributed by atoms with Crippen LogP contribution in [0.5, 0.6) is 0 Å². The minimum atomic E-state index is -3.56. The molecule has 2 aromatic rings. The summed E-state index contributed by atoms with van der Waals surface area (Å²) in [6.45, 7) is 9.47. The molecule has 0 radical (unpaired) electrons. The van der Waals surface area contributed by atoms with Crippen molar-refractivity contribution in [3.05, 3.63) is 48.3 Å². The molecule has 0 aliphatic heterocycles. The number of carbonyl (C=O) groups excluding carboxylic acids is 1. The number of esters is 1. The van der Waals surface area contributed by atoms with Crippen molar-refractivity contribution >= 4 is 27.6 Å². The Hall–Kier alpha value is -2.13. The summed E-state index contributed by atoms with van der Waals surface area (Å²) in [7, 11) is -3.56. The summed E-state index contributed by atoms with van der Waals surface area (Å²) in [4.78, 5) is 12.0. The van der Waals surface area contributed by atoms with Crippen molar-refractivity contribution in [1.29, 1.82) is 0 Å². The van der Waals surface area contributed by atoms with Crippen molar-refractivity contribution in [2.45, 2.75) is 49.2 Å². The van der Waals surface area contributed by atoms with E-state index in [4.69, 9.17) is 4.74 Å². The molecule has 9 heteroatoms. The van der Waals surface area contributed by atoms with Crippen molar-refractivity contribution < 1.29 is 17.9 Å². The molecule has 2 rings (SSSR count). The first-order valence-electron chi connectivity index (χ1n) is 8.37. The molecular weight excluding hydrogens is 386 g/mol. The first-order chi connectivity index (χ1) is 12.7. The van der Waals surface area contributed by atoms with E-state index in [0.29, 0.717) is 17.5 Å². The lowest BCUT2D eigenvalue weighted by molar-refractivity contribution is -0.144. The smallest absolute Gasteiger partial charge is 0.316 e. The van der Waals surface area contributed by atoms with Crippen LogP contribution in [0.3, 0.4) is 0 Å². The lowest BCUT2D eigenvalue weighted by Crippen LogP contribution is -2.14. The van der Waals surface area contributed by atoms with Crippen LogP contribution < -0.4 is 0 Å². The van der Waals surface area contributed by atoms with Gasteiger partial charge < -0.3 is 9.30 Å². The van der Waals surface area contributed by atoms with Crippen LogP contribution in [-0.2, 0) is 31.7 Å². The van der Waals surface area contributed by atoms with Gasteiger partial charge in [-0.3, -0.25) is 4.79 Å². The highest BCUT2D eigenvalue weighted by molar-refractivity contribution is 7.99. The normalized spacial score (nSPS) is 11.6. The highest BCUT2D eigenvalue weighted by Crippen LogP contribution is 2.21. The Bertz CT molecular complexity index is 903. The van der Waals surface area contributed by atoms with Gasteiger partial charge in [0.1, 0.15) is 11.6 Å². The molecule has 0 aliphatic carbocycles. The van der Waals surface area contributed by atoms with Crippen molar-refractivity contribution in [2.24, 2.45) is 0 Å². The molecule has 0 amide bonds. The number of nitrogens with zero attached hydrogens (tertiary/aromatic N) is 3. The number of aryl methyl sites for hydroxylation is 1. The highest BCUT2D eigenvalue weighted by atomic mass is 32.2. The highest BCUT2D eigenvalue weighted by Gasteiger charge is 2.22. The van der Waals surface area contributed by atoms with Crippen LogP contribution in [0.2, 0.25) is 0 Å². The summed E-state index contributed by atoms with van der Waals surface area (Å²) in [5.41, 5.74) is 0.982. The van der Waals surface area contributed by atoms with Crippen LogP contribution in [0.1, 0.15) is 25.2 Å². The van der Waals surface area contributed by atoms with Gasteiger partial charge >= 0.3 is 5.97 Å². The Balaban J connectivity index is 2.19. The molecule has 1 aromatic carbocycles. The largest absolute Gasteiger partial charge is 0.462 e. The van der Waals surface area contributed by atoms with Crippen LogP contribution >= 0.6 is 11.8 Å². The van der Waals surface area contributed by atoms with E-state index in [9.17, 15) is 13.2 Å². The molecule has 1 heterocycles. The van der Waals surface area contributed by atoms with E-state index in [2.05, 4.69) is 16.8 Å². The van der Waals surface area contributed by atoms with Gasteiger partial charge in [0.05, 0.1) is 16.8 Å². The van der Waals surface area contributed by atoms with Crippen molar-refractivity contribution in [3.63, 3.8) is 0 Å². The molecule has 0 atom stereocenters. The van der Waals surface area contributed by atoms with Crippen LogP contribution in [0.4, 0.5) is 0 Å². The fraction of sp³-hybridized carbons (Fsp3) is 0.389. The molecule has 7 nitrogen and oxygen atoms in total. The third-order valence-electron chi connectivity index (χ3n) is 3.49. The molecule has 0 saturated carbocycles. The van der Waals surface area contributed by atoms with Crippen molar-refractivity contribution in [2.75, 3.05) is 5.75 Å². The Kier molecular flexibility index (Phi) is 7.20. The van der Waals surface area contributed by atoms with Gasteiger partial charge in [0.15, 0.2) is 15.0 Å². The molecular formula is C18H23N3O4S2. The van der Waals surface area contributed by atoms with Crippen LogP contribution in [-0.4, -0.2) is 41.0 Å². The lowest BCUT2D eigenvalue weighted by atomic mass is 10.2. The Morgan fingerprint density at radius 3 is 2.56 bits per heavy atom. The quantitative estimate of drug-likeness (QED) is 0.357. The molecule has 146 valence electrons. The van der Waals surface area contributed by atoms with Gasteiger partial charge in [-0.15, -0.1) is 16.8 Å². The number of aromatic nitrogens is 3. The lowest BCUT2D eigenvalue weighted by Gasteiger charge is -2.09. The number of hydrogen-bond donors (Lipinski definition) is 0. The van der Waals surface area contributed by atoms with E-state index in [1.165, 1.54) is 0 Å². The molecule has 0 unspecified atom stereocenters. The zero-order valence-electron chi connectivity index (χ0n) is 15.6. The summed E-state index contributed by atoms with van der Waals surface area (Å²) in [6, 6.07) is 6.67.